The van der Waals surface area contributed by atoms with Gasteiger partial charge in [0, 0.05) is 18.0 Å². The van der Waals surface area contributed by atoms with Crippen LogP contribution in [0.5, 0.6) is 0 Å². The van der Waals surface area contributed by atoms with Gasteiger partial charge in [-0.05, 0) is 24.5 Å². The van der Waals surface area contributed by atoms with E-state index in [-0.39, 0.29) is 5.91 Å². The molecule has 0 atom stereocenters. The Morgan fingerprint density at radius 1 is 1.39 bits per heavy atom. The highest BCUT2D eigenvalue weighted by molar-refractivity contribution is 7.09. The molecule has 0 unspecified atom stereocenters. The Morgan fingerprint density at radius 2 is 2.22 bits per heavy atom. The molecule has 1 heterocycles. The third kappa shape index (κ3) is 3.67. The fraction of sp³-hybridized carbons (Fsp3) is 0.286. The first-order valence-electron chi connectivity index (χ1n) is 5.95. The van der Waals surface area contributed by atoms with Gasteiger partial charge < -0.3 is 5.32 Å². The molecular weight excluding hydrogens is 244 g/mol. The van der Waals surface area contributed by atoms with E-state index in [2.05, 4.69) is 29.4 Å². The fourth-order valence-corrected chi connectivity index (χ4v) is 2.30. The van der Waals surface area contributed by atoms with Gasteiger partial charge in [0.15, 0.2) is 0 Å². The Morgan fingerprint density at radius 3 is 2.94 bits per heavy atom. The van der Waals surface area contributed by atoms with E-state index in [0.717, 1.165) is 11.4 Å². The molecule has 0 spiro atoms. The molecule has 18 heavy (non-hydrogen) atoms. The minimum atomic E-state index is 0.0773. The average Bonchev–Trinajstić information content (AvgIpc) is 2.88. The standard InChI is InChI=1S/C14H16N2OS/c1-11-4-2-3-5-12(11)6-7-13(17)16-10-14-15-8-9-18-14/h2-5,8-9H,6-7,10H2,1H3,(H,16,17). The van der Waals surface area contributed by atoms with Crippen LogP contribution in [0.25, 0.3) is 0 Å². The lowest BCUT2D eigenvalue weighted by Gasteiger charge is -2.05. The first-order valence-corrected chi connectivity index (χ1v) is 6.83. The summed E-state index contributed by atoms with van der Waals surface area (Å²) in [5.74, 6) is 0.0773. The number of thiazole rings is 1. The molecule has 1 N–H and O–H groups in total. The predicted octanol–water partition coefficient (Wildman–Crippen LogP) is 2.70. The van der Waals surface area contributed by atoms with Crippen molar-refractivity contribution in [3.63, 3.8) is 0 Å². The average molecular weight is 260 g/mol. The molecule has 0 bridgehead atoms. The molecule has 0 fully saturated rings. The second kappa shape index (κ2) is 6.31. The van der Waals surface area contributed by atoms with Crippen molar-refractivity contribution in [1.82, 2.24) is 10.3 Å². The van der Waals surface area contributed by atoms with Gasteiger partial charge >= 0.3 is 0 Å². The number of hydrogen-bond donors (Lipinski definition) is 1. The van der Waals surface area contributed by atoms with E-state index in [4.69, 9.17) is 0 Å². The lowest BCUT2D eigenvalue weighted by atomic mass is 10.0. The normalized spacial score (nSPS) is 10.3. The highest BCUT2D eigenvalue weighted by atomic mass is 32.1. The third-order valence-corrected chi connectivity index (χ3v) is 3.58. The van der Waals surface area contributed by atoms with Crippen molar-refractivity contribution in [3.8, 4) is 0 Å². The largest absolute Gasteiger partial charge is 0.350 e. The van der Waals surface area contributed by atoms with E-state index in [0.29, 0.717) is 13.0 Å². The molecule has 0 saturated carbocycles. The van der Waals surface area contributed by atoms with Crippen LogP contribution in [0.4, 0.5) is 0 Å². The van der Waals surface area contributed by atoms with E-state index in [9.17, 15) is 4.79 Å². The van der Waals surface area contributed by atoms with Gasteiger partial charge in [-0.2, -0.15) is 0 Å². The van der Waals surface area contributed by atoms with Crippen molar-refractivity contribution in [2.75, 3.05) is 0 Å². The number of carbonyl (C=O) groups is 1. The van der Waals surface area contributed by atoms with Crippen molar-refractivity contribution in [1.29, 1.82) is 0 Å². The second-order valence-electron chi connectivity index (χ2n) is 4.13. The quantitative estimate of drug-likeness (QED) is 0.898. The molecule has 1 aromatic carbocycles. The molecule has 0 aliphatic rings. The van der Waals surface area contributed by atoms with Crippen LogP contribution < -0.4 is 5.32 Å². The van der Waals surface area contributed by atoms with E-state index < -0.39 is 0 Å². The summed E-state index contributed by atoms with van der Waals surface area (Å²) in [6.07, 6.45) is 3.06. The summed E-state index contributed by atoms with van der Waals surface area (Å²) in [6, 6.07) is 8.17. The molecule has 1 aromatic heterocycles. The lowest BCUT2D eigenvalue weighted by Crippen LogP contribution is -2.22. The zero-order chi connectivity index (χ0) is 12.8. The zero-order valence-corrected chi connectivity index (χ0v) is 11.2. The van der Waals surface area contributed by atoms with Crippen molar-refractivity contribution in [3.05, 3.63) is 52.0 Å². The van der Waals surface area contributed by atoms with Crippen LogP contribution in [0.1, 0.15) is 22.6 Å². The Labute approximate surface area is 111 Å². The first-order chi connectivity index (χ1) is 8.75. The molecular formula is C14H16N2OS. The van der Waals surface area contributed by atoms with Gasteiger partial charge in [-0.15, -0.1) is 11.3 Å². The maximum atomic E-state index is 11.7. The van der Waals surface area contributed by atoms with Crippen LogP contribution in [0.15, 0.2) is 35.8 Å². The summed E-state index contributed by atoms with van der Waals surface area (Å²) in [5.41, 5.74) is 2.48. The van der Waals surface area contributed by atoms with E-state index >= 15 is 0 Å². The molecule has 2 aromatic rings. The number of aromatic nitrogens is 1. The molecule has 4 heteroatoms. The van der Waals surface area contributed by atoms with Crippen LogP contribution in [-0.4, -0.2) is 10.9 Å². The zero-order valence-electron chi connectivity index (χ0n) is 10.3. The Kier molecular flexibility index (Phi) is 4.47. The molecule has 0 aliphatic heterocycles. The van der Waals surface area contributed by atoms with E-state index in [1.54, 1.807) is 17.5 Å². The van der Waals surface area contributed by atoms with Crippen LogP contribution in [0, 0.1) is 6.92 Å². The van der Waals surface area contributed by atoms with Gasteiger partial charge in [0.25, 0.3) is 0 Å². The summed E-state index contributed by atoms with van der Waals surface area (Å²) in [4.78, 5) is 15.8. The number of aryl methyl sites for hydroxylation is 2. The SMILES string of the molecule is Cc1ccccc1CCC(=O)NCc1nccs1. The third-order valence-electron chi connectivity index (χ3n) is 2.80. The van der Waals surface area contributed by atoms with Gasteiger partial charge in [-0.1, -0.05) is 24.3 Å². The predicted molar refractivity (Wildman–Crippen MR) is 73.5 cm³/mol. The smallest absolute Gasteiger partial charge is 0.220 e. The van der Waals surface area contributed by atoms with Crippen LogP contribution >= 0.6 is 11.3 Å². The van der Waals surface area contributed by atoms with Gasteiger partial charge in [0.05, 0.1) is 6.54 Å². The number of benzene rings is 1. The monoisotopic (exact) mass is 260 g/mol. The molecule has 94 valence electrons. The van der Waals surface area contributed by atoms with Crippen LogP contribution in [-0.2, 0) is 17.8 Å². The minimum Gasteiger partial charge on any atom is -0.350 e. The number of hydrogen-bond acceptors (Lipinski definition) is 3. The Bertz CT molecular complexity index is 508. The van der Waals surface area contributed by atoms with Gasteiger partial charge in [0.2, 0.25) is 5.91 Å². The maximum Gasteiger partial charge on any atom is 0.220 e. The Hall–Kier alpha value is -1.68. The van der Waals surface area contributed by atoms with E-state index in [1.807, 2.05) is 17.5 Å². The van der Waals surface area contributed by atoms with Crippen LogP contribution in [0.2, 0.25) is 0 Å². The number of amides is 1. The van der Waals surface area contributed by atoms with Crippen molar-refractivity contribution in [2.24, 2.45) is 0 Å². The molecule has 2 rings (SSSR count). The molecule has 3 nitrogen and oxygen atoms in total. The lowest BCUT2D eigenvalue weighted by molar-refractivity contribution is -0.121. The minimum absolute atomic E-state index is 0.0773. The van der Waals surface area contributed by atoms with Crippen molar-refractivity contribution >= 4 is 17.2 Å². The van der Waals surface area contributed by atoms with Gasteiger partial charge in [0.1, 0.15) is 5.01 Å². The van der Waals surface area contributed by atoms with Gasteiger partial charge in [-0.3, -0.25) is 4.79 Å². The van der Waals surface area contributed by atoms with E-state index in [1.165, 1.54) is 11.1 Å². The molecule has 0 saturated heterocycles. The first kappa shape index (κ1) is 12.8. The summed E-state index contributed by atoms with van der Waals surface area (Å²) in [6.45, 7) is 2.60. The van der Waals surface area contributed by atoms with Crippen LogP contribution in [0.3, 0.4) is 0 Å². The topological polar surface area (TPSA) is 42.0 Å². The molecule has 1 amide bonds. The number of nitrogens with one attached hydrogen (secondary N) is 1. The number of nitrogens with zero attached hydrogens (tertiary/aromatic N) is 1. The second-order valence-corrected chi connectivity index (χ2v) is 5.11. The summed E-state index contributed by atoms with van der Waals surface area (Å²) in [7, 11) is 0. The highest BCUT2D eigenvalue weighted by Gasteiger charge is 2.04. The van der Waals surface area contributed by atoms with Crippen molar-refractivity contribution < 1.29 is 4.79 Å². The summed E-state index contributed by atoms with van der Waals surface area (Å²) >= 11 is 1.56. The summed E-state index contributed by atoms with van der Waals surface area (Å²) < 4.78 is 0. The van der Waals surface area contributed by atoms with Gasteiger partial charge in [-0.25, -0.2) is 4.98 Å². The molecule has 0 aliphatic carbocycles. The number of carbonyl (C=O) groups excluding carboxylic acids is 1. The molecule has 0 radical (unpaired) electrons. The Balaban J connectivity index is 1.77. The highest BCUT2D eigenvalue weighted by Crippen LogP contribution is 2.09. The summed E-state index contributed by atoms with van der Waals surface area (Å²) in [5, 5.41) is 5.74. The fourth-order valence-electron chi connectivity index (χ4n) is 1.74. The number of rotatable bonds is 5. The maximum absolute atomic E-state index is 11.7. The van der Waals surface area contributed by atoms with Crippen molar-refractivity contribution in [2.45, 2.75) is 26.3 Å².